The molecule has 2 nitrogen and oxygen atoms in total. The van der Waals surface area contributed by atoms with Crippen molar-refractivity contribution in [3.8, 4) is 33.6 Å². The zero-order valence-electron chi connectivity index (χ0n) is 28.9. The first kappa shape index (κ1) is 30.2. The van der Waals surface area contributed by atoms with Crippen LogP contribution < -0.4 is 0 Å². The van der Waals surface area contributed by atoms with Gasteiger partial charge in [-0.3, -0.25) is 0 Å². The van der Waals surface area contributed by atoms with E-state index in [1.165, 1.54) is 88.4 Å². The molecule has 246 valence electrons. The Balaban J connectivity index is 0.870. The second kappa shape index (κ2) is 12.3. The summed E-state index contributed by atoms with van der Waals surface area (Å²) in [6.07, 6.45) is 0. The molecular formula is C50H36N2. The molecule has 0 N–H and O–H groups in total. The van der Waals surface area contributed by atoms with Crippen molar-refractivity contribution in [1.82, 2.24) is 9.13 Å². The molecule has 0 saturated carbocycles. The minimum absolute atomic E-state index is 0.290. The molecule has 10 aromatic rings. The fraction of sp³-hybridized carbons (Fsp3) is 0.0400. The quantitative estimate of drug-likeness (QED) is 0.167. The molecule has 8 aromatic carbocycles. The highest BCUT2D eigenvalue weighted by Gasteiger charge is 2.14. The van der Waals surface area contributed by atoms with Gasteiger partial charge in [0.25, 0.3) is 0 Å². The minimum Gasteiger partial charge on any atom is -0.309 e. The van der Waals surface area contributed by atoms with Crippen molar-refractivity contribution in [2.45, 2.75) is 12.8 Å². The number of fused-ring (bicyclic) bond motifs is 6. The average Bonchev–Trinajstić information content (AvgIpc) is 3.74. The summed E-state index contributed by atoms with van der Waals surface area (Å²) < 4.78 is 4.74. The van der Waals surface area contributed by atoms with E-state index in [0.29, 0.717) is 5.92 Å². The SMILES string of the molecule is CC(c1ccc(-c2ccc(-n3c4ccccc4c4ccccc43)cc2)cc1)c1ccc(-c2ccc(-n3c4ccccc4c4ccccc43)cc2)cc1. The molecule has 52 heavy (non-hydrogen) atoms. The number of rotatable bonds is 6. The van der Waals surface area contributed by atoms with E-state index in [4.69, 9.17) is 0 Å². The Hall–Kier alpha value is -6.64. The maximum atomic E-state index is 2.37. The topological polar surface area (TPSA) is 9.86 Å². The second-order valence-electron chi connectivity index (χ2n) is 13.8. The Labute approximate surface area is 303 Å². The summed E-state index contributed by atoms with van der Waals surface area (Å²) in [5.74, 6) is 0.290. The standard InChI is InChI=1S/C50H36N2/c1-34(35-18-22-37(23-19-35)39-26-30-41(31-27-39)51-47-14-6-2-10-43(47)44-11-3-7-15-48(44)51)36-20-24-38(25-21-36)40-28-32-42(33-29-40)52-49-16-8-4-12-45(49)46-13-5-9-17-50(46)52/h2-34H,1H3. The van der Waals surface area contributed by atoms with Crippen molar-refractivity contribution in [3.05, 3.63) is 205 Å². The third-order valence-corrected chi connectivity index (χ3v) is 10.9. The Kier molecular flexibility index (Phi) is 7.14. The van der Waals surface area contributed by atoms with Crippen molar-refractivity contribution >= 4 is 43.6 Å². The van der Waals surface area contributed by atoms with Gasteiger partial charge in [0, 0.05) is 38.8 Å². The molecule has 0 saturated heterocycles. The lowest BCUT2D eigenvalue weighted by Gasteiger charge is -2.15. The summed E-state index contributed by atoms with van der Waals surface area (Å²) in [5, 5.41) is 5.14. The molecule has 0 fully saturated rings. The number of para-hydroxylation sites is 4. The van der Waals surface area contributed by atoms with Crippen LogP contribution >= 0.6 is 0 Å². The largest absolute Gasteiger partial charge is 0.309 e. The van der Waals surface area contributed by atoms with Gasteiger partial charge in [0.1, 0.15) is 0 Å². The lowest BCUT2D eigenvalue weighted by atomic mass is 9.90. The summed E-state index contributed by atoms with van der Waals surface area (Å²) in [7, 11) is 0. The first-order valence-electron chi connectivity index (χ1n) is 18.1. The molecule has 0 amide bonds. The summed E-state index contributed by atoms with van der Waals surface area (Å²) in [5.41, 5.74) is 14.8. The molecular weight excluding hydrogens is 629 g/mol. The number of nitrogens with zero attached hydrogens (tertiary/aromatic N) is 2. The molecule has 0 spiro atoms. The van der Waals surface area contributed by atoms with E-state index < -0.39 is 0 Å². The monoisotopic (exact) mass is 664 g/mol. The van der Waals surface area contributed by atoms with Crippen molar-refractivity contribution in [3.63, 3.8) is 0 Å². The van der Waals surface area contributed by atoms with E-state index in [2.05, 4.69) is 210 Å². The molecule has 0 aliphatic rings. The van der Waals surface area contributed by atoms with Gasteiger partial charge in [-0.2, -0.15) is 0 Å². The van der Waals surface area contributed by atoms with Crippen LogP contribution in [-0.4, -0.2) is 9.13 Å². The van der Waals surface area contributed by atoms with Gasteiger partial charge >= 0.3 is 0 Å². The lowest BCUT2D eigenvalue weighted by Crippen LogP contribution is -1.96. The van der Waals surface area contributed by atoms with Gasteiger partial charge in [-0.15, -0.1) is 0 Å². The van der Waals surface area contributed by atoms with Crippen LogP contribution in [0, 0.1) is 0 Å². The summed E-state index contributed by atoms with van der Waals surface area (Å²) in [6, 6.07) is 70.7. The molecule has 10 rings (SSSR count). The molecule has 0 bridgehead atoms. The predicted octanol–water partition coefficient (Wildman–Crippen LogP) is 13.4. The Bertz CT molecular complexity index is 2560. The van der Waals surface area contributed by atoms with Crippen LogP contribution in [0.15, 0.2) is 194 Å². The zero-order valence-corrected chi connectivity index (χ0v) is 28.9. The van der Waals surface area contributed by atoms with E-state index >= 15 is 0 Å². The molecule has 2 heterocycles. The maximum absolute atomic E-state index is 2.37. The molecule has 0 aliphatic heterocycles. The maximum Gasteiger partial charge on any atom is 0.0541 e. The van der Waals surface area contributed by atoms with Gasteiger partial charge in [0.2, 0.25) is 0 Å². The van der Waals surface area contributed by atoms with E-state index in [1.54, 1.807) is 0 Å². The first-order valence-corrected chi connectivity index (χ1v) is 18.1. The van der Waals surface area contributed by atoms with Crippen LogP contribution in [-0.2, 0) is 0 Å². The number of hydrogen-bond donors (Lipinski definition) is 0. The predicted molar refractivity (Wildman–Crippen MR) is 220 cm³/mol. The summed E-state index contributed by atoms with van der Waals surface area (Å²) in [4.78, 5) is 0. The molecule has 2 aromatic heterocycles. The molecule has 2 heteroatoms. The van der Waals surface area contributed by atoms with Crippen molar-refractivity contribution in [2.75, 3.05) is 0 Å². The first-order chi connectivity index (χ1) is 25.7. The van der Waals surface area contributed by atoms with Crippen LogP contribution in [0.5, 0.6) is 0 Å². The molecule has 0 aliphatic carbocycles. The highest BCUT2D eigenvalue weighted by atomic mass is 15.0. The smallest absolute Gasteiger partial charge is 0.0541 e. The van der Waals surface area contributed by atoms with E-state index in [1.807, 2.05) is 0 Å². The molecule has 0 atom stereocenters. The van der Waals surface area contributed by atoms with Crippen LogP contribution in [0.4, 0.5) is 0 Å². The third kappa shape index (κ3) is 4.95. The third-order valence-electron chi connectivity index (χ3n) is 10.9. The van der Waals surface area contributed by atoms with Crippen molar-refractivity contribution in [2.24, 2.45) is 0 Å². The van der Waals surface area contributed by atoms with Gasteiger partial charge in [0.05, 0.1) is 22.1 Å². The van der Waals surface area contributed by atoms with Gasteiger partial charge in [-0.05, 0) is 81.9 Å². The van der Waals surface area contributed by atoms with Gasteiger partial charge in [-0.1, -0.05) is 153 Å². The zero-order chi connectivity index (χ0) is 34.6. The second-order valence-corrected chi connectivity index (χ2v) is 13.8. The van der Waals surface area contributed by atoms with E-state index in [9.17, 15) is 0 Å². The number of benzene rings is 8. The molecule has 0 radical (unpaired) electrons. The lowest BCUT2D eigenvalue weighted by molar-refractivity contribution is 0.923. The minimum atomic E-state index is 0.290. The highest BCUT2D eigenvalue weighted by molar-refractivity contribution is 6.10. The average molecular weight is 665 g/mol. The fourth-order valence-electron chi connectivity index (χ4n) is 8.13. The van der Waals surface area contributed by atoms with Crippen LogP contribution in [0.1, 0.15) is 24.0 Å². The van der Waals surface area contributed by atoms with Crippen molar-refractivity contribution < 1.29 is 0 Å². The Morgan fingerprint density at radius 2 is 0.538 bits per heavy atom. The van der Waals surface area contributed by atoms with Gasteiger partial charge in [0.15, 0.2) is 0 Å². The Morgan fingerprint density at radius 3 is 0.827 bits per heavy atom. The van der Waals surface area contributed by atoms with Crippen LogP contribution in [0.3, 0.4) is 0 Å². The Morgan fingerprint density at radius 1 is 0.288 bits per heavy atom. The highest BCUT2D eigenvalue weighted by Crippen LogP contribution is 2.35. The fourth-order valence-corrected chi connectivity index (χ4v) is 8.13. The van der Waals surface area contributed by atoms with E-state index in [0.717, 1.165) is 0 Å². The number of aromatic nitrogens is 2. The van der Waals surface area contributed by atoms with E-state index in [-0.39, 0.29) is 0 Å². The number of hydrogen-bond acceptors (Lipinski definition) is 0. The van der Waals surface area contributed by atoms with Crippen molar-refractivity contribution in [1.29, 1.82) is 0 Å². The van der Waals surface area contributed by atoms with Gasteiger partial charge < -0.3 is 9.13 Å². The van der Waals surface area contributed by atoms with Crippen LogP contribution in [0.25, 0.3) is 77.2 Å². The van der Waals surface area contributed by atoms with Crippen LogP contribution in [0.2, 0.25) is 0 Å². The summed E-state index contributed by atoms with van der Waals surface area (Å²) in [6.45, 7) is 2.30. The van der Waals surface area contributed by atoms with Gasteiger partial charge in [-0.25, -0.2) is 0 Å². The molecule has 0 unspecified atom stereocenters. The summed E-state index contributed by atoms with van der Waals surface area (Å²) >= 11 is 0. The normalized spacial score (nSPS) is 11.7.